The molecular weight excluding hydrogens is 287 g/mol. The van der Waals surface area contributed by atoms with Gasteiger partial charge in [-0.25, -0.2) is 8.42 Å². The average molecular weight is 297 g/mol. The van der Waals surface area contributed by atoms with E-state index < -0.39 is 22.5 Å². The normalized spacial score (nSPS) is 11.2. The third kappa shape index (κ3) is 3.76. The summed E-state index contributed by atoms with van der Waals surface area (Å²) in [6.45, 7) is -0.472. The summed E-state index contributed by atoms with van der Waals surface area (Å²) >= 11 is 11.6. The smallest absolute Gasteiger partial charge is 0.238 e. The largest absolute Gasteiger partial charge is 0.368 e. The summed E-state index contributed by atoms with van der Waals surface area (Å²) in [6.07, 6.45) is 0.959. The molecule has 0 saturated heterocycles. The fourth-order valence-corrected chi connectivity index (χ4v) is 2.65. The van der Waals surface area contributed by atoms with E-state index >= 15 is 0 Å². The lowest BCUT2D eigenvalue weighted by Crippen LogP contribution is -2.38. The number of carbonyl (C=O) groups excluding carboxylic acids is 1. The Kier molecular flexibility index (Phi) is 4.24. The molecule has 1 aromatic carbocycles. The van der Waals surface area contributed by atoms with E-state index in [2.05, 4.69) is 0 Å². The molecular formula is C9H10Cl2N2O3S. The molecule has 0 spiro atoms. The molecule has 0 heterocycles. The number of hydrogen-bond donors (Lipinski definition) is 1. The predicted octanol–water partition coefficient (Wildman–Crippen LogP) is 1.24. The topological polar surface area (TPSA) is 80.5 Å². The number of primary amides is 1. The van der Waals surface area contributed by atoms with Gasteiger partial charge in [0.05, 0.1) is 17.0 Å². The number of carbonyl (C=O) groups is 1. The van der Waals surface area contributed by atoms with Gasteiger partial charge in [-0.3, -0.25) is 9.10 Å². The van der Waals surface area contributed by atoms with Gasteiger partial charge in [-0.2, -0.15) is 0 Å². The minimum absolute atomic E-state index is 0.129. The van der Waals surface area contributed by atoms with E-state index in [0.717, 1.165) is 10.6 Å². The van der Waals surface area contributed by atoms with E-state index in [1.54, 1.807) is 0 Å². The van der Waals surface area contributed by atoms with Crippen molar-refractivity contribution < 1.29 is 13.2 Å². The molecule has 0 bridgehead atoms. The van der Waals surface area contributed by atoms with Crippen LogP contribution in [0.5, 0.6) is 0 Å². The van der Waals surface area contributed by atoms with Crippen LogP contribution in [0.4, 0.5) is 5.69 Å². The van der Waals surface area contributed by atoms with Gasteiger partial charge < -0.3 is 5.73 Å². The Morgan fingerprint density at radius 2 is 2.00 bits per heavy atom. The molecule has 17 heavy (non-hydrogen) atoms. The van der Waals surface area contributed by atoms with Crippen molar-refractivity contribution in [1.29, 1.82) is 0 Å². The predicted molar refractivity (Wildman–Crippen MR) is 67.8 cm³/mol. The van der Waals surface area contributed by atoms with Gasteiger partial charge in [-0.1, -0.05) is 23.2 Å². The monoisotopic (exact) mass is 296 g/mol. The highest BCUT2D eigenvalue weighted by Crippen LogP contribution is 2.29. The molecule has 0 unspecified atom stereocenters. The third-order valence-electron chi connectivity index (χ3n) is 1.88. The van der Waals surface area contributed by atoms with Crippen LogP contribution >= 0.6 is 23.2 Å². The number of amides is 1. The Bertz CT molecular complexity index is 545. The molecule has 0 aromatic heterocycles. The zero-order chi connectivity index (χ0) is 13.2. The second-order valence-electron chi connectivity index (χ2n) is 3.33. The first-order chi connectivity index (χ1) is 7.71. The van der Waals surface area contributed by atoms with Crippen molar-refractivity contribution in [3.05, 3.63) is 28.2 Å². The van der Waals surface area contributed by atoms with Crippen LogP contribution in [0.2, 0.25) is 10.0 Å². The zero-order valence-corrected chi connectivity index (χ0v) is 11.2. The lowest BCUT2D eigenvalue weighted by molar-refractivity contribution is -0.116. The maximum absolute atomic E-state index is 11.5. The molecule has 1 aromatic rings. The summed E-state index contributed by atoms with van der Waals surface area (Å²) in [5, 5.41) is 0.496. The third-order valence-corrected chi connectivity index (χ3v) is 3.54. The molecule has 1 rings (SSSR count). The van der Waals surface area contributed by atoms with Gasteiger partial charge in [0, 0.05) is 5.02 Å². The average Bonchev–Trinajstić information content (AvgIpc) is 2.13. The molecule has 0 radical (unpaired) electrons. The van der Waals surface area contributed by atoms with E-state index in [9.17, 15) is 13.2 Å². The number of benzene rings is 1. The first-order valence-corrected chi connectivity index (χ1v) is 7.03. The fourth-order valence-electron chi connectivity index (χ4n) is 1.21. The quantitative estimate of drug-likeness (QED) is 0.908. The van der Waals surface area contributed by atoms with Crippen LogP contribution in [-0.2, 0) is 14.8 Å². The summed E-state index contributed by atoms with van der Waals surface area (Å²) in [5.41, 5.74) is 5.16. The number of nitrogens with zero attached hydrogens (tertiary/aromatic N) is 1. The summed E-state index contributed by atoms with van der Waals surface area (Å²) in [4.78, 5) is 10.9. The maximum Gasteiger partial charge on any atom is 0.238 e. The molecule has 0 aliphatic carbocycles. The Labute approximate surface area is 109 Å². The highest BCUT2D eigenvalue weighted by atomic mass is 35.5. The van der Waals surface area contributed by atoms with Crippen molar-refractivity contribution in [2.45, 2.75) is 0 Å². The lowest BCUT2D eigenvalue weighted by atomic mass is 10.3. The van der Waals surface area contributed by atoms with Crippen molar-refractivity contribution in [2.24, 2.45) is 5.73 Å². The second-order valence-corrected chi connectivity index (χ2v) is 6.08. The van der Waals surface area contributed by atoms with E-state index in [4.69, 9.17) is 28.9 Å². The number of rotatable bonds is 4. The van der Waals surface area contributed by atoms with Gasteiger partial charge in [-0.15, -0.1) is 0 Å². The van der Waals surface area contributed by atoms with Crippen molar-refractivity contribution in [3.8, 4) is 0 Å². The van der Waals surface area contributed by atoms with Crippen molar-refractivity contribution in [2.75, 3.05) is 17.1 Å². The van der Waals surface area contributed by atoms with Crippen LogP contribution in [0, 0.1) is 0 Å². The van der Waals surface area contributed by atoms with Crippen LogP contribution in [0.15, 0.2) is 18.2 Å². The Hall–Kier alpha value is -0.980. The first kappa shape index (κ1) is 14.1. The summed E-state index contributed by atoms with van der Waals surface area (Å²) < 4.78 is 23.9. The molecule has 0 atom stereocenters. The summed E-state index contributed by atoms with van der Waals surface area (Å²) in [7, 11) is -3.64. The highest BCUT2D eigenvalue weighted by Gasteiger charge is 2.21. The number of sulfonamides is 1. The molecule has 94 valence electrons. The maximum atomic E-state index is 11.5. The van der Waals surface area contributed by atoms with E-state index in [1.807, 2.05) is 0 Å². The van der Waals surface area contributed by atoms with Gasteiger partial charge in [0.15, 0.2) is 0 Å². The Morgan fingerprint density at radius 1 is 1.41 bits per heavy atom. The fraction of sp³-hybridized carbons (Fsp3) is 0.222. The molecule has 0 fully saturated rings. The van der Waals surface area contributed by atoms with Crippen LogP contribution in [0.3, 0.4) is 0 Å². The van der Waals surface area contributed by atoms with Crippen LogP contribution in [-0.4, -0.2) is 27.1 Å². The summed E-state index contributed by atoms with van der Waals surface area (Å²) in [6, 6.07) is 4.27. The van der Waals surface area contributed by atoms with Crippen LogP contribution in [0.25, 0.3) is 0 Å². The van der Waals surface area contributed by atoms with Gasteiger partial charge in [-0.05, 0) is 18.2 Å². The minimum atomic E-state index is -3.64. The number of anilines is 1. The Morgan fingerprint density at radius 3 is 2.41 bits per heavy atom. The molecule has 5 nitrogen and oxygen atoms in total. The minimum Gasteiger partial charge on any atom is -0.368 e. The summed E-state index contributed by atoms with van der Waals surface area (Å²) in [5.74, 6) is -0.776. The van der Waals surface area contributed by atoms with E-state index in [1.165, 1.54) is 18.2 Å². The highest BCUT2D eigenvalue weighted by molar-refractivity contribution is 7.92. The second kappa shape index (κ2) is 5.12. The molecule has 0 aliphatic rings. The Balaban J connectivity index is 3.27. The number of nitrogens with two attached hydrogens (primary N) is 1. The first-order valence-electron chi connectivity index (χ1n) is 4.43. The SMILES string of the molecule is CS(=O)(=O)N(CC(N)=O)c1ccc(Cl)cc1Cl. The van der Waals surface area contributed by atoms with Crippen LogP contribution in [0.1, 0.15) is 0 Å². The van der Waals surface area contributed by atoms with E-state index in [0.29, 0.717) is 5.02 Å². The van der Waals surface area contributed by atoms with Crippen molar-refractivity contribution in [3.63, 3.8) is 0 Å². The molecule has 2 N–H and O–H groups in total. The van der Waals surface area contributed by atoms with E-state index in [-0.39, 0.29) is 10.7 Å². The lowest BCUT2D eigenvalue weighted by Gasteiger charge is -2.21. The standard InChI is InChI=1S/C9H10Cl2N2O3S/c1-17(15,16)13(5-9(12)14)8-3-2-6(10)4-7(8)11/h2-4H,5H2,1H3,(H2,12,14). The molecule has 0 aliphatic heterocycles. The van der Waals surface area contributed by atoms with Crippen molar-refractivity contribution >= 4 is 44.8 Å². The molecule has 0 saturated carbocycles. The van der Waals surface area contributed by atoms with Crippen LogP contribution < -0.4 is 10.0 Å². The van der Waals surface area contributed by atoms with Gasteiger partial charge in [0.2, 0.25) is 15.9 Å². The van der Waals surface area contributed by atoms with Gasteiger partial charge >= 0.3 is 0 Å². The zero-order valence-electron chi connectivity index (χ0n) is 8.85. The molecule has 8 heteroatoms. The molecule has 1 amide bonds. The number of halogens is 2. The van der Waals surface area contributed by atoms with Gasteiger partial charge in [0.25, 0.3) is 0 Å². The van der Waals surface area contributed by atoms with Crippen molar-refractivity contribution in [1.82, 2.24) is 0 Å². The number of hydrogen-bond acceptors (Lipinski definition) is 3. The van der Waals surface area contributed by atoms with Gasteiger partial charge in [0.1, 0.15) is 6.54 Å².